The fraction of sp³-hybridized carbons (Fsp3) is 0.381. The molecule has 0 atom stereocenters. The number of ether oxygens (including phenoxy) is 2. The number of hydrogen-bond acceptors (Lipinski definition) is 5. The van der Waals surface area contributed by atoms with E-state index in [0.717, 1.165) is 54.1 Å². The van der Waals surface area contributed by atoms with Crippen LogP contribution in [0.15, 0.2) is 36.4 Å². The Balaban J connectivity index is 1.73. The Hall–Kier alpha value is -2.37. The standard InChI is InChI=1S/C21H26N2O3/c1-22-9-3-11-25-15-6-8-18-19(13-15)17-7-5-16(14-20(17)21(18)24)26-12-4-10-23-2/h5-8,13-14,22-23H,3-4,9-12H2,1-2H3. The lowest BCUT2D eigenvalue weighted by Gasteiger charge is -2.09. The van der Waals surface area contributed by atoms with Crippen molar-refractivity contribution in [1.29, 1.82) is 0 Å². The van der Waals surface area contributed by atoms with Crippen LogP contribution in [-0.2, 0) is 0 Å². The number of hydrogen-bond donors (Lipinski definition) is 2. The summed E-state index contributed by atoms with van der Waals surface area (Å²) in [4.78, 5) is 12.7. The zero-order chi connectivity index (χ0) is 18.4. The fourth-order valence-corrected chi connectivity index (χ4v) is 3.09. The Labute approximate surface area is 154 Å². The average Bonchev–Trinajstić information content (AvgIpc) is 2.94. The molecule has 2 aromatic rings. The average molecular weight is 354 g/mol. The molecule has 0 saturated carbocycles. The van der Waals surface area contributed by atoms with Gasteiger partial charge in [0.25, 0.3) is 0 Å². The summed E-state index contributed by atoms with van der Waals surface area (Å²) in [5.41, 5.74) is 3.33. The van der Waals surface area contributed by atoms with Gasteiger partial charge in [-0.1, -0.05) is 0 Å². The molecule has 1 aliphatic carbocycles. The first-order valence-corrected chi connectivity index (χ1v) is 9.12. The van der Waals surface area contributed by atoms with Gasteiger partial charge < -0.3 is 20.1 Å². The molecule has 0 heterocycles. The molecule has 0 saturated heterocycles. The first kappa shape index (κ1) is 18.4. The Morgan fingerprint density at radius 1 is 0.731 bits per heavy atom. The van der Waals surface area contributed by atoms with Gasteiger partial charge in [-0.3, -0.25) is 4.79 Å². The third kappa shape index (κ3) is 4.06. The lowest BCUT2D eigenvalue weighted by atomic mass is 10.1. The number of carbonyl (C=O) groups excluding carboxylic acids is 1. The van der Waals surface area contributed by atoms with E-state index in [0.29, 0.717) is 18.8 Å². The van der Waals surface area contributed by atoms with Gasteiger partial charge >= 0.3 is 0 Å². The molecule has 0 aliphatic heterocycles. The molecule has 5 heteroatoms. The van der Waals surface area contributed by atoms with Gasteiger partial charge in [0.05, 0.1) is 13.2 Å². The van der Waals surface area contributed by atoms with Gasteiger partial charge in [0.15, 0.2) is 5.78 Å². The minimum absolute atomic E-state index is 0.0532. The molecule has 0 bridgehead atoms. The quantitative estimate of drug-likeness (QED) is 0.548. The van der Waals surface area contributed by atoms with Gasteiger partial charge in [0, 0.05) is 11.1 Å². The number of benzene rings is 2. The topological polar surface area (TPSA) is 59.6 Å². The van der Waals surface area contributed by atoms with E-state index in [4.69, 9.17) is 9.47 Å². The van der Waals surface area contributed by atoms with E-state index in [9.17, 15) is 4.79 Å². The van der Waals surface area contributed by atoms with Crippen LogP contribution in [0.2, 0.25) is 0 Å². The molecule has 1 aliphatic rings. The number of carbonyl (C=O) groups is 1. The van der Waals surface area contributed by atoms with Crippen LogP contribution in [0, 0.1) is 0 Å². The Morgan fingerprint density at radius 3 is 1.85 bits per heavy atom. The minimum atomic E-state index is 0.0532. The zero-order valence-corrected chi connectivity index (χ0v) is 15.4. The second kappa shape index (κ2) is 8.83. The summed E-state index contributed by atoms with van der Waals surface area (Å²) < 4.78 is 11.6. The van der Waals surface area contributed by atoms with Crippen LogP contribution in [-0.4, -0.2) is 46.2 Å². The smallest absolute Gasteiger partial charge is 0.194 e. The van der Waals surface area contributed by atoms with E-state index in [2.05, 4.69) is 10.6 Å². The SMILES string of the molecule is CNCCCOc1ccc2c(c1)C(=O)c1ccc(OCCCNC)cc1-2. The Bertz CT molecular complexity index is 774. The van der Waals surface area contributed by atoms with Crippen molar-refractivity contribution in [1.82, 2.24) is 10.6 Å². The van der Waals surface area contributed by atoms with E-state index >= 15 is 0 Å². The summed E-state index contributed by atoms with van der Waals surface area (Å²) in [7, 11) is 3.85. The van der Waals surface area contributed by atoms with Gasteiger partial charge in [-0.25, -0.2) is 0 Å². The normalized spacial score (nSPS) is 12.0. The van der Waals surface area contributed by atoms with Gasteiger partial charge in [-0.15, -0.1) is 0 Å². The van der Waals surface area contributed by atoms with Gasteiger partial charge in [-0.2, -0.15) is 0 Å². The second-order valence-corrected chi connectivity index (χ2v) is 6.36. The van der Waals surface area contributed by atoms with Crippen molar-refractivity contribution in [3.63, 3.8) is 0 Å². The summed E-state index contributed by atoms with van der Waals surface area (Å²) in [5, 5.41) is 6.19. The third-order valence-electron chi connectivity index (χ3n) is 4.44. The molecule has 0 fully saturated rings. The van der Waals surface area contributed by atoms with E-state index in [1.54, 1.807) is 0 Å². The van der Waals surface area contributed by atoms with E-state index in [1.165, 1.54) is 0 Å². The molecule has 138 valence electrons. The van der Waals surface area contributed by atoms with Gasteiger partial charge in [0.1, 0.15) is 11.5 Å². The second-order valence-electron chi connectivity index (χ2n) is 6.36. The first-order chi connectivity index (χ1) is 12.7. The van der Waals surface area contributed by atoms with E-state index in [-0.39, 0.29) is 5.78 Å². The van der Waals surface area contributed by atoms with Gasteiger partial charge in [-0.05, 0) is 87.6 Å². The highest BCUT2D eigenvalue weighted by molar-refractivity contribution is 6.22. The molecule has 0 unspecified atom stereocenters. The lowest BCUT2D eigenvalue weighted by molar-refractivity contribution is 0.104. The minimum Gasteiger partial charge on any atom is -0.494 e. The Morgan fingerprint density at radius 2 is 1.27 bits per heavy atom. The summed E-state index contributed by atoms with van der Waals surface area (Å²) in [6.45, 7) is 3.11. The highest BCUT2D eigenvalue weighted by Crippen LogP contribution is 2.40. The van der Waals surface area contributed by atoms with E-state index in [1.807, 2.05) is 50.5 Å². The lowest BCUT2D eigenvalue weighted by Crippen LogP contribution is -2.11. The molecule has 2 N–H and O–H groups in total. The van der Waals surface area contributed by atoms with Crippen molar-refractivity contribution < 1.29 is 14.3 Å². The maximum absolute atomic E-state index is 12.7. The summed E-state index contributed by atoms with van der Waals surface area (Å²) >= 11 is 0. The predicted molar refractivity (Wildman–Crippen MR) is 103 cm³/mol. The number of nitrogens with one attached hydrogen (secondary N) is 2. The van der Waals surface area contributed by atoms with Crippen molar-refractivity contribution in [2.75, 3.05) is 40.4 Å². The molecule has 0 amide bonds. The van der Waals surface area contributed by atoms with Crippen molar-refractivity contribution in [2.45, 2.75) is 12.8 Å². The highest BCUT2D eigenvalue weighted by atomic mass is 16.5. The maximum Gasteiger partial charge on any atom is 0.194 e. The molecular formula is C21H26N2O3. The highest BCUT2D eigenvalue weighted by Gasteiger charge is 2.27. The summed E-state index contributed by atoms with van der Waals surface area (Å²) in [5.74, 6) is 1.59. The van der Waals surface area contributed by atoms with Crippen LogP contribution in [0.4, 0.5) is 0 Å². The summed E-state index contributed by atoms with van der Waals surface area (Å²) in [6.07, 6.45) is 1.87. The van der Waals surface area contributed by atoms with Crippen LogP contribution >= 0.6 is 0 Å². The largest absolute Gasteiger partial charge is 0.494 e. The Kier molecular flexibility index (Phi) is 6.26. The van der Waals surface area contributed by atoms with Crippen LogP contribution < -0.4 is 20.1 Å². The van der Waals surface area contributed by atoms with Crippen molar-refractivity contribution >= 4 is 5.78 Å². The third-order valence-corrected chi connectivity index (χ3v) is 4.44. The monoisotopic (exact) mass is 354 g/mol. The summed E-state index contributed by atoms with van der Waals surface area (Å²) in [6, 6.07) is 11.4. The molecular weight excluding hydrogens is 328 g/mol. The number of ketones is 1. The molecule has 0 radical (unpaired) electrons. The number of rotatable bonds is 10. The molecule has 3 rings (SSSR count). The molecule has 0 spiro atoms. The van der Waals surface area contributed by atoms with Crippen molar-refractivity contribution in [3.8, 4) is 22.6 Å². The number of fused-ring (bicyclic) bond motifs is 3. The van der Waals surface area contributed by atoms with Crippen molar-refractivity contribution in [3.05, 3.63) is 47.5 Å². The maximum atomic E-state index is 12.7. The fourth-order valence-electron chi connectivity index (χ4n) is 3.09. The zero-order valence-electron chi connectivity index (χ0n) is 15.4. The van der Waals surface area contributed by atoms with Gasteiger partial charge in [0.2, 0.25) is 0 Å². The molecule has 2 aromatic carbocycles. The first-order valence-electron chi connectivity index (χ1n) is 9.12. The van der Waals surface area contributed by atoms with Crippen LogP contribution in [0.1, 0.15) is 28.8 Å². The van der Waals surface area contributed by atoms with Crippen molar-refractivity contribution in [2.24, 2.45) is 0 Å². The van der Waals surface area contributed by atoms with Crippen LogP contribution in [0.5, 0.6) is 11.5 Å². The molecule has 5 nitrogen and oxygen atoms in total. The van der Waals surface area contributed by atoms with E-state index < -0.39 is 0 Å². The molecule has 26 heavy (non-hydrogen) atoms. The van der Waals surface area contributed by atoms with Crippen LogP contribution in [0.25, 0.3) is 11.1 Å². The predicted octanol–water partition coefficient (Wildman–Crippen LogP) is 2.87. The van der Waals surface area contributed by atoms with Crippen LogP contribution in [0.3, 0.4) is 0 Å². The molecule has 0 aromatic heterocycles.